The maximum absolute atomic E-state index is 10.4. The molecule has 120 valence electrons. The molecule has 0 unspecified atom stereocenters. The van der Waals surface area contributed by atoms with E-state index in [1.807, 2.05) is 19.4 Å². The third kappa shape index (κ3) is 4.03. The molecule has 1 fully saturated rings. The molecular weight excluding hydrogens is 270 g/mol. The van der Waals surface area contributed by atoms with Gasteiger partial charge in [0.2, 0.25) is 0 Å². The third-order valence-electron chi connectivity index (χ3n) is 4.47. The van der Waals surface area contributed by atoms with Crippen LogP contribution in [-0.4, -0.2) is 64.4 Å². The molecule has 0 amide bonds. The van der Waals surface area contributed by atoms with Crippen molar-refractivity contribution in [3.05, 3.63) is 18.0 Å². The number of likely N-dealkylation sites (tertiary alicyclic amines) is 1. The first-order chi connectivity index (χ1) is 10.1. The van der Waals surface area contributed by atoms with Crippen LogP contribution in [0.5, 0.6) is 0 Å². The number of methoxy groups -OCH3 is 1. The van der Waals surface area contributed by atoms with Gasteiger partial charge in [0.05, 0.1) is 18.9 Å². The van der Waals surface area contributed by atoms with E-state index in [2.05, 4.69) is 10.00 Å². The fourth-order valence-electron chi connectivity index (χ4n) is 3.24. The number of hydrogen-bond donors (Lipinski definition) is 2. The first-order valence-electron chi connectivity index (χ1n) is 7.57. The van der Waals surface area contributed by atoms with E-state index in [-0.39, 0.29) is 6.61 Å². The number of aliphatic hydroxyl groups is 2. The minimum Gasteiger partial charge on any atom is -0.396 e. The fourth-order valence-corrected chi connectivity index (χ4v) is 3.24. The molecule has 2 N–H and O–H groups in total. The molecule has 2 heterocycles. The topological polar surface area (TPSA) is 70.8 Å². The molecule has 0 radical (unpaired) electrons. The minimum atomic E-state index is -0.440. The molecule has 1 aromatic heterocycles. The summed E-state index contributed by atoms with van der Waals surface area (Å²) in [5, 5.41) is 24.4. The Morgan fingerprint density at radius 2 is 2.33 bits per heavy atom. The van der Waals surface area contributed by atoms with Crippen LogP contribution in [0.25, 0.3) is 0 Å². The fraction of sp³-hybridized carbons (Fsp3) is 0.800. The van der Waals surface area contributed by atoms with Crippen LogP contribution in [0.1, 0.15) is 24.8 Å². The monoisotopic (exact) mass is 297 g/mol. The van der Waals surface area contributed by atoms with Crippen molar-refractivity contribution in [3.63, 3.8) is 0 Å². The number of ether oxygens (including phenoxy) is 1. The Labute approximate surface area is 126 Å². The predicted molar refractivity (Wildman–Crippen MR) is 79.7 cm³/mol. The first kappa shape index (κ1) is 16.4. The van der Waals surface area contributed by atoms with Gasteiger partial charge >= 0.3 is 0 Å². The quantitative estimate of drug-likeness (QED) is 0.713. The van der Waals surface area contributed by atoms with E-state index in [0.717, 1.165) is 31.5 Å². The van der Waals surface area contributed by atoms with Crippen LogP contribution < -0.4 is 0 Å². The third-order valence-corrected chi connectivity index (χ3v) is 4.47. The molecule has 21 heavy (non-hydrogen) atoms. The molecule has 0 saturated carbocycles. The molecular formula is C15H27N3O3. The van der Waals surface area contributed by atoms with Crippen molar-refractivity contribution in [3.8, 4) is 0 Å². The molecule has 0 aliphatic carbocycles. The second-order valence-corrected chi connectivity index (χ2v) is 6.15. The summed E-state index contributed by atoms with van der Waals surface area (Å²) in [5.74, 6) is 0. The van der Waals surface area contributed by atoms with Gasteiger partial charge in [0.15, 0.2) is 0 Å². The van der Waals surface area contributed by atoms with Gasteiger partial charge in [-0.3, -0.25) is 9.58 Å². The molecule has 6 nitrogen and oxygen atoms in total. The van der Waals surface area contributed by atoms with Crippen LogP contribution in [0.3, 0.4) is 0 Å². The van der Waals surface area contributed by atoms with Gasteiger partial charge in [-0.15, -0.1) is 0 Å². The number of piperidine rings is 1. The Morgan fingerprint density at radius 3 is 2.95 bits per heavy atom. The number of aromatic nitrogens is 2. The summed E-state index contributed by atoms with van der Waals surface area (Å²) in [5.41, 5.74) is 0.733. The van der Waals surface area contributed by atoms with Crippen LogP contribution in [0, 0.1) is 5.41 Å². The average molecular weight is 297 g/mol. The largest absolute Gasteiger partial charge is 0.396 e. The van der Waals surface area contributed by atoms with Crippen molar-refractivity contribution in [2.45, 2.75) is 31.9 Å². The van der Waals surface area contributed by atoms with Crippen LogP contribution in [0.15, 0.2) is 12.4 Å². The smallest absolute Gasteiger partial charge is 0.0642 e. The zero-order valence-corrected chi connectivity index (χ0v) is 13.0. The maximum atomic E-state index is 10.4. The van der Waals surface area contributed by atoms with Crippen molar-refractivity contribution < 1.29 is 14.9 Å². The van der Waals surface area contributed by atoms with E-state index in [9.17, 15) is 10.2 Å². The highest BCUT2D eigenvalue weighted by Gasteiger charge is 2.41. The number of nitrogens with zero attached hydrogens (tertiary/aromatic N) is 3. The van der Waals surface area contributed by atoms with Crippen molar-refractivity contribution in [1.29, 1.82) is 0 Å². The normalized spacial score (nSPS) is 27.1. The Kier molecular flexibility index (Phi) is 5.75. The van der Waals surface area contributed by atoms with E-state index in [4.69, 9.17) is 4.74 Å². The Hall–Kier alpha value is -0.950. The molecule has 1 aromatic rings. The molecule has 1 aliphatic rings. The second kappa shape index (κ2) is 7.35. The predicted octanol–water partition coefficient (Wildman–Crippen LogP) is 0.392. The molecule has 1 saturated heterocycles. The highest BCUT2D eigenvalue weighted by molar-refractivity contribution is 5.05. The molecule has 0 aromatic carbocycles. The van der Waals surface area contributed by atoms with Gasteiger partial charge in [-0.1, -0.05) is 0 Å². The van der Waals surface area contributed by atoms with Crippen LogP contribution in [0.2, 0.25) is 0 Å². The lowest BCUT2D eigenvalue weighted by molar-refractivity contribution is -0.0843. The van der Waals surface area contributed by atoms with Gasteiger partial charge in [-0.25, -0.2) is 0 Å². The summed E-state index contributed by atoms with van der Waals surface area (Å²) in [6, 6.07) is 0. The molecule has 6 heteroatoms. The van der Waals surface area contributed by atoms with Gasteiger partial charge in [0, 0.05) is 57.6 Å². The van der Waals surface area contributed by atoms with E-state index < -0.39 is 11.5 Å². The van der Waals surface area contributed by atoms with E-state index in [1.165, 1.54) is 0 Å². The lowest BCUT2D eigenvalue weighted by Crippen LogP contribution is -2.53. The summed E-state index contributed by atoms with van der Waals surface area (Å²) in [6.07, 6.45) is 5.78. The van der Waals surface area contributed by atoms with Gasteiger partial charge in [-0.2, -0.15) is 5.10 Å². The van der Waals surface area contributed by atoms with Gasteiger partial charge in [-0.05, 0) is 19.3 Å². The molecule has 0 bridgehead atoms. The SMILES string of the molecule is COCCC[C@@]1(CO)CN(Cc2cnn(C)c2)CC[C@H]1O. The number of aryl methyl sites for hydroxylation is 1. The zero-order valence-electron chi connectivity index (χ0n) is 13.0. The number of hydrogen-bond acceptors (Lipinski definition) is 5. The maximum Gasteiger partial charge on any atom is 0.0642 e. The highest BCUT2D eigenvalue weighted by Crippen LogP contribution is 2.35. The van der Waals surface area contributed by atoms with E-state index in [0.29, 0.717) is 19.6 Å². The van der Waals surface area contributed by atoms with Crippen LogP contribution in [0.4, 0.5) is 0 Å². The Morgan fingerprint density at radius 1 is 1.52 bits per heavy atom. The minimum absolute atomic E-state index is 0.0153. The zero-order chi connectivity index (χ0) is 15.3. The molecule has 2 rings (SSSR count). The van der Waals surface area contributed by atoms with Crippen molar-refractivity contribution in [2.24, 2.45) is 12.5 Å². The van der Waals surface area contributed by atoms with Gasteiger partial charge in [0.1, 0.15) is 0 Å². The molecule has 1 aliphatic heterocycles. The van der Waals surface area contributed by atoms with Crippen LogP contribution >= 0.6 is 0 Å². The Bertz CT molecular complexity index is 438. The lowest BCUT2D eigenvalue weighted by atomic mass is 9.74. The summed E-state index contributed by atoms with van der Waals surface area (Å²) in [4.78, 5) is 2.30. The first-order valence-corrected chi connectivity index (χ1v) is 7.57. The molecule has 0 spiro atoms. The Balaban J connectivity index is 1.99. The van der Waals surface area contributed by atoms with E-state index in [1.54, 1.807) is 11.8 Å². The van der Waals surface area contributed by atoms with Gasteiger partial charge in [0.25, 0.3) is 0 Å². The highest BCUT2D eigenvalue weighted by atomic mass is 16.5. The summed E-state index contributed by atoms with van der Waals surface area (Å²) in [7, 11) is 3.59. The van der Waals surface area contributed by atoms with Crippen molar-refractivity contribution in [2.75, 3.05) is 33.4 Å². The summed E-state index contributed by atoms with van der Waals surface area (Å²) >= 11 is 0. The number of rotatable bonds is 7. The standard InChI is InChI=1S/C15H27N3O3/c1-17-9-13(8-16-17)10-18-6-4-14(20)15(11-18,12-19)5-3-7-21-2/h8-9,14,19-20H,3-7,10-12H2,1-2H3/t14-,15+/m1/s1. The van der Waals surface area contributed by atoms with E-state index >= 15 is 0 Å². The van der Waals surface area contributed by atoms with Crippen LogP contribution in [-0.2, 0) is 18.3 Å². The summed E-state index contributed by atoms with van der Waals surface area (Å²) < 4.78 is 6.89. The lowest BCUT2D eigenvalue weighted by Gasteiger charge is -2.45. The number of aliphatic hydroxyl groups excluding tert-OH is 2. The van der Waals surface area contributed by atoms with Gasteiger partial charge < -0.3 is 14.9 Å². The molecule has 2 atom stereocenters. The van der Waals surface area contributed by atoms with Crippen molar-refractivity contribution in [1.82, 2.24) is 14.7 Å². The average Bonchev–Trinajstić information content (AvgIpc) is 2.88. The second-order valence-electron chi connectivity index (χ2n) is 6.15. The summed E-state index contributed by atoms with van der Waals surface area (Å²) in [6.45, 7) is 3.05. The van der Waals surface area contributed by atoms with Crippen molar-refractivity contribution >= 4 is 0 Å².